The first-order valence-electron chi connectivity index (χ1n) is 7.71. The molecule has 2 aliphatic heterocycles. The lowest BCUT2D eigenvalue weighted by Crippen LogP contribution is -2.40. The lowest BCUT2D eigenvalue weighted by molar-refractivity contribution is 0.278. The molecule has 0 aromatic heterocycles. The molecule has 23 heavy (non-hydrogen) atoms. The average Bonchev–Trinajstić information content (AvgIpc) is 2.79. The average molecular weight is 363 g/mol. The van der Waals surface area contributed by atoms with Crippen molar-refractivity contribution in [2.45, 2.75) is 24.2 Å². The summed E-state index contributed by atoms with van der Waals surface area (Å²) in [6, 6.07) is 4.85. The Morgan fingerprint density at radius 1 is 1.13 bits per heavy atom. The van der Waals surface area contributed by atoms with Gasteiger partial charge in [0.1, 0.15) is 0 Å². The van der Waals surface area contributed by atoms with Crippen molar-refractivity contribution in [3.63, 3.8) is 0 Å². The standard InChI is InChI=1S/C15H22N2O4S.ClH/c16-11-12-4-6-17(7-5-12)22(18,19)13-2-3-14-15(10-13)21-9-1-8-20-14;/h2-3,10,12H,1,4-9,11,16H2;1H. The van der Waals surface area contributed by atoms with Gasteiger partial charge in [-0.3, -0.25) is 0 Å². The number of nitrogens with two attached hydrogens (primary N) is 1. The second kappa shape index (κ2) is 7.70. The van der Waals surface area contributed by atoms with Gasteiger partial charge in [-0.05, 0) is 37.4 Å². The van der Waals surface area contributed by atoms with Crippen molar-refractivity contribution in [1.82, 2.24) is 4.31 Å². The van der Waals surface area contributed by atoms with Gasteiger partial charge in [0.25, 0.3) is 0 Å². The van der Waals surface area contributed by atoms with Gasteiger partial charge in [0.2, 0.25) is 10.0 Å². The fourth-order valence-electron chi connectivity index (χ4n) is 2.84. The summed E-state index contributed by atoms with van der Waals surface area (Å²) in [6.07, 6.45) is 2.43. The normalized spacial score (nSPS) is 19.7. The van der Waals surface area contributed by atoms with Crippen LogP contribution in [0.25, 0.3) is 0 Å². The van der Waals surface area contributed by atoms with Crippen molar-refractivity contribution in [2.24, 2.45) is 11.7 Å². The van der Waals surface area contributed by atoms with Crippen molar-refractivity contribution >= 4 is 22.4 Å². The van der Waals surface area contributed by atoms with Gasteiger partial charge in [-0.25, -0.2) is 8.42 Å². The Hall–Kier alpha value is -1.02. The number of hydrogen-bond donors (Lipinski definition) is 1. The van der Waals surface area contributed by atoms with E-state index < -0.39 is 10.0 Å². The predicted octanol–water partition coefficient (Wildman–Crippen LogP) is 1.63. The first-order chi connectivity index (χ1) is 10.6. The molecule has 1 saturated heterocycles. The zero-order valence-corrected chi connectivity index (χ0v) is 14.6. The summed E-state index contributed by atoms with van der Waals surface area (Å²) in [5.74, 6) is 1.55. The highest BCUT2D eigenvalue weighted by Crippen LogP contribution is 2.33. The molecule has 8 heteroatoms. The van der Waals surface area contributed by atoms with E-state index in [-0.39, 0.29) is 17.3 Å². The molecule has 0 amide bonds. The van der Waals surface area contributed by atoms with E-state index >= 15 is 0 Å². The number of hydrogen-bond acceptors (Lipinski definition) is 5. The molecule has 1 fully saturated rings. The minimum atomic E-state index is -3.48. The summed E-state index contributed by atoms with van der Waals surface area (Å²) >= 11 is 0. The molecule has 2 heterocycles. The molecular weight excluding hydrogens is 340 g/mol. The van der Waals surface area contributed by atoms with Gasteiger partial charge in [-0.2, -0.15) is 4.31 Å². The van der Waals surface area contributed by atoms with Crippen LogP contribution in [0.1, 0.15) is 19.3 Å². The molecule has 1 aromatic carbocycles. The largest absolute Gasteiger partial charge is 0.490 e. The summed E-state index contributed by atoms with van der Waals surface area (Å²) in [4.78, 5) is 0.267. The lowest BCUT2D eigenvalue weighted by Gasteiger charge is -2.30. The quantitative estimate of drug-likeness (QED) is 0.883. The fraction of sp³-hybridized carbons (Fsp3) is 0.600. The van der Waals surface area contributed by atoms with Gasteiger partial charge in [-0.15, -0.1) is 12.4 Å². The number of sulfonamides is 1. The molecule has 0 spiro atoms. The van der Waals surface area contributed by atoms with Crippen molar-refractivity contribution < 1.29 is 17.9 Å². The van der Waals surface area contributed by atoms with Crippen LogP contribution in [0, 0.1) is 5.92 Å². The SMILES string of the molecule is Cl.NCC1CCN(S(=O)(=O)c2ccc3c(c2)OCCCO3)CC1. The third-order valence-corrected chi connectivity index (χ3v) is 6.16. The van der Waals surface area contributed by atoms with E-state index in [9.17, 15) is 8.42 Å². The maximum absolute atomic E-state index is 12.8. The van der Waals surface area contributed by atoms with Crippen molar-refractivity contribution in [1.29, 1.82) is 0 Å². The Morgan fingerprint density at radius 2 is 1.78 bits per heavy atom. The zero-order valence-electron chi connectivity index (χ0n) is 12.9. The summed E-state index contributed by atoms with van der Waals surface area (Å²) in [5.41, 5.74) is 5.66. The first kappa shape index (κ1) is 18.3. The number of fused-ring (bicyclic) bond motifs is 1. The Labute approximate surface area is 143 Å². The molecule has 0 saturated carbocycles. The van der Waals surface area contributed by atoms with E-state index in [0.29, 0.717) is 50.3 Å². The zero-order chi connectivity index (χ0) is 15.6. The number of piperidine rings is 1. The van der Waals surface area contributed by atoms with Crippen LogP contribution < -0.4 is 15.2 Å². The number of ether oxygens (including phenoxy) is 2. The van der Waals surface area contributed by atoms with Gasteiger partial charge in [0, 0.05) is 25.6 Å². The molecule has 2 aliphatic rings. The molecule has 0 bridgehead atoms. The molecular formula is C15H23ClN2O4S. The highest BCUT2D eigenvalue weighted by atomic mass is 35.5. The smallest absolute Gasteiger partial charge is 0.243 e. The third kappa shape index (κ3) is 3.91. The third-order valence-electron chi connectivity index (χ3n) is 4.26. The monoisotopic (exact) mass is 362 g/mol. The Balaban J connectivity index is 0.00000192. The Morgan fingerprint density at radius 3 is 2.43 bits per heavy atom. The molecule has 2 N–H and O–H groups in total. The topological polar surface area (TPSA) is 81.9 Å². The van der Waals surface area contributed by atoms with Crippen LogP contribution in [-0.4, -0.2) is 45.6 Å². The molecule has 130 valence electrons. The van der Waals surface area contributed by atoms with Crippen LogP contribution in [0.15, 0.2) is 23.1 Å². The van der Waals surface area contributed by atoms with Crippen LogP contribution >= 0.6 is 12.4 Å². The molecule has 1 aromatic rings. The first-order valence-corrected chi connectivity index (χ1v) is 9.15. The number of halogens is 1. The second-order valence-corrected chi connectivity index (χ2v) is 7.68. The van der Waals surface area contributed by atoms with E-state index in [1.165, 1.54) is 0 Å². The van der Waals surface area contributed by atoms with Gasteiger partial charge in [0.05, 0.1) is 18.1 Å². The van der Waals surface area contributed by atoms with Crippen molar-refractivity contribution in [2.75, 3.05) is 32.8 Å². The highest BCUT2D eigenvalue weighted by molar-refractivity contribution is 7.89. The maximum Gasteiger partial charge on any atom is 0.243 e. The summed E-state index contributed by atoms with van der Waals surface area (Å²) in [5, 5.41) is 0. The Kier molecular flexibility index (Phi) is 6.13. The summed E-state index contributed by atoms with van der Waals surface area (Å²) in [7, 11) is -3.48. The number of benzene rings is 1. The van der Waals surface area contributed by atoms with Crippen LogP contribution in [-0.2, 0) is 10.0 Å². The number of rotatable bonds is 3. The predicted molar refractivity (Wildman–Crippen MR) is 89.8 cm³/mol. The van der Waals surface area contributed by atoms with Crippen molar-refractivity contribution in [3.8, 4) is 11.5 Å². The highest BCUT2D eigenvalue weighted by Gasteiger charge is 2.29. The number of nitrogens with zero attached hydrogens (tertiary/aromatic N) is 1. The van der Waals surface area contributed by atoms with E-state index in [1.54, 1.807) is 22.5 Å². The van der Waals surface area contributed by atoms with Crippen LogP contribution in [0.5, 0.6) is 11.5 Å². The van der Waals surface area contributed by atoms with Crippen LogP contribution in [0.2, 0.25) is 0 Å². The minimum absolute atomic E-state index is 0. The Bertz CT molecular complexity index is 630. The summed E-state index contributed by atoms with van der Waals surface area (Å²) in [6.45, 7) is 2.80. The molecule has 0 unspecified atom stereocenters. The maximum atomic E-state index is 12.8. The second-order valence-electron chi connectivity index (χ2n) is 5.74. The fourth-order valence-corrected chi connectivity index (χ4v) is 4.32. The minimum Gasteiger partial charge on any atom is -0.490 e. The van der Waals surface area contributed by atoms with E-state index in [4.69, 9.17) is 15.2 Å². The van der Waals surface area contributed by atoms with E-state index in [0.717, 1.165) is 19.3 Å². The lowest BCUT2D eigenvalue weighted by atomic mass is 9.99. The molecule has 0 atom stereocenters. The van der Waals surface area contributed by atoms with Gasteiger partial charge in [-0.1, -0.05) is 0 Å². The van der Waals surface area contributed by atoms with Gasteiger partial charge >= 0.3 is 0 Å². The van der Waals surface area contributed by atoms with E-state index in [1.807, 2.05) is 0 Å². The van der Waals surface area contributed by atoms with E-state index in [2.05, 4.69) is 0 Å². The van der Waals surface area contributed by atoms with Crippen LogP contribution in [0.4, 0.5) is 0 Å². The molecule has 0 radical (unpaired) electrons. The van der Waals surface area contributed by atoms with Crippen LogP contribution in [0.3, 0.4) is 0 Å². The molecule has 3 rings (SSSR count). The molecule has 0 aliphatic carbocycles. The van der Waals surface area contributed by atoms with Gasteiger partial charge in [0.15, 0.2) is 11.5 Å². The molecule has 6 nitrogen and oxygen atoms in total. The van der Waals surface area contributed by atoms with Gasteiger partial charge < -0.3 is 15.2 Å². The summed E-state index contributed by atoms with van der Waals surface area (Å²) < 4.78 is 38.2. The van der Waals surface area contributed by atoms with Crippen molar-refractivity contribution in [3.05, 3.63) is 18.2 Å².